The second-order valence-electron chi connectivity index (χ2n) is 7.98. The van der Waals surface area contributed by atoms with Gasteiger partial charge in [0.2, 0.25) is 11.8 Å². The van der Waals surface area contributed by atoms with Crippen molar-refractivity contribution in [3.8, 4) is 5.75 Å². The first-order chi connectivity index (χ1) is 16.4. The molecule has 11 heteroatoms. The van der Waals surface area contributed by atoms with Gasteiger partial charge in [0.1, 0.15) is 11.6 Å². The van der Waals surface area contributed by atoms with Crippen LogP contribution in [0.1, 0.15) is 44.2 Å². The number of aromatic amines is 1. The summed E-state index contributed by atoms with van der Waals surface area (Å²) in [5.41, 5.74) is 5.51. The highest BCUT2D eigenvalue weighted by atomic mass is 16.5. The minimum atomic E-state index is -0.762. The maximum absolute atomic E-state index is 13.1. The van der Waals surface area contributed by atoms with Crippen molar-refractivity contribution in [3.63, 3.8) is 0 Å². The fraction of sp³-hybridized carbons (Fsp3) is 0.478. The SMILES string of the molecule is CCCn1c(N)c(N(CCOC)C(=O)CCC(=O)NC2CCOc3ccccc32)c(=O)[nH]c1=O. The summed E-state index contributed by atoms with van der Waals surface area (Å²) < 4.78 is 11.9. The maximum Gasteiger partial charge on any atom is 0.330 e. The van der Waals surface area contributed by atoms with Gasteiger partial charge in [0.05, 0.1) is 19.3 Å². The zero-order chi connectivity index (χ0) is 24.7. The molecule has 1 aliphatic rings. The Bertz CT molecular complexity index is 1140. The van der Waals surface area contributed by atoms with Crippen molar-refractivity contribution in [2.75, 3.05) is 37.5 Å². The third-order valence-corrected chi connectivity index (χ3v) is 5.61. The Balaban J connectivity index is 1.74. The number of anilines is 2. The number of para-hydroxylation sites is 1. The van der Waals surface area contributed by atoms with Gasteiger partial charge in [-0.1, -0.05) is 25.1 Å². The van der Waals surface area contributed by atoms with Gasteiger partial charge in [-0.15, -0.1) is 0 Å². The molecular formula is C23H31N5O6. The van der Waals surface area contributed by atoms with E-state index in [0.717, 1.165) is 11.3 Å². The van der Waals surface area contributed by atoms with E-state index in [-0.39, 0.29) is 56.0 Å². The van der Waals surface area contributed by atoms with E-state index in [0.29, 0.717) is 19.4 Å². The Morgan fingerprint density at radius 3 is 2.79 bits per heavy atom. The number of ether oxygens (including phenoxy) is 2. The molecule has 11 nitrogen and oxygen atoms in total. The van der Waals surface area contributed by atoms with Gasteiger partial charge in [-0.3, -0.25) is 23.9 Å². The molecule has 184 valence electrons. The third kappa shape index (κ3) is 5.66. The average Bonchev–Trinajstić information content (AvgIpc) is 2.82. The molecule has 2 heterocycles. The summed E-state index contributed by atoms with van der Waals surface area (Å²) in [6, 6.07) is 7.30. The maximum atomic E-state index is 13.1. The number of nitrogens with zero attached hydrogens (tertiary/aromatic N) is 2. The van der Waals surface area contributed by atoms with Gasteiger partial charge >= 0.3 is 5.69 Å². The number of aromatic nitrogens is 2. The Kier molecular flexibility index (Phi) is 8.47. The van der Waals surface area contributed by atoms with Gasteiger partial charge in [-0.25, -0.2) is 4.79 Å². The Morgan fingerprint density at radius 1 is 1.29 bits per heavy atom. The van der Waals surface area contributed by atoms with E-state index in [1.54, 1.807) is 0 Å². The minimum absolute atomic E-state index is 0.0436. The fourth-order valence-corrected chi connectivity index (χ4v) is 3.94. The van der Waals surface area contributed by atoms with Crippen LogP contribution in [-0.4, -0.2) is 48.2 Å². The number of nitrogens with two attached hydrogens (primary N) is 1. The van der Waals surface area contributed by atoms with Crippen molar-refractivity contribution in [3.05, 3.63) is 50.7 Å². The van der Waals surface area contributed by atoms with Crippen LogP contribution in [0.5, 0.6) is 5.75 Å². The van der Waals surface area contributed by atoms with Gasteiger partial charge in [-0.2, -0.15) is 0 Å². The number of methoxy groups -OCH3 is 1. The first kappa shape index (κ1) is 25.0. The van der Waals surface area contributed by atoms with Crippen LogP contribution in [0.4, 0.5) is 11.5 Å². The number of nitrogen functional groups attached to an aromatic ring is 1. The minimum Gasteiger partial charge on any atom is -0.493 e. The standard InChI is InChI=1S/C23H31N5O6/c1-3-11-28-21(24)20(22(31)26-23(28)32)27(12-14-33-2)19(30)9-8-18(29)25-16-10-13-34-17-7-5-4-6-15(16)17/h4-7,16H,3,8-14,24H2,1-2H3,(H,25,29)(H,26,31,32). The lowest BCUT2D eigenvalue weighted by Gasteiger charge is -2.27. The van der Waals surface area contributed by atoms with Crippen LogP contribution in [0.2, 0.25) is 0 Å². The van der Waals surface area contributed by atoms with Crippen molar-refractivity contribution < 1.29 is 19.1 Å². The summed E-state index contributed by atoms with van der Waals surface area (Å²) >= 11 is 0. The van der Waals surface area contributed by atoms with E-state index in [2.05, 4.69) is 10.3 Å². The van der Waals surface area contributed by atoms with Crippen LogP contribution in [0.15, 0.2) is 33.9 Å². The number of H-pyrrole nitrogens is 1. The largest absolute Gasteiger partial charge is 0.493 e. The van der Waals surface area contributed by atoms with Gasteiger partial charge in [0.25, 0.3) is 5.56 Å². The first-order valence-corrected chi connectivity index (χ1v) is 11.3. The lowest BCUT2D eigenvalue weighted by Crippen LogP contribution is -2.43. The zero-order valence-electron chi connectivity index (χ0n) is 19.5. The molecule has 1 aliphatic heterocycles. The van der Waals surface area contributed by atoms with Gasteiger partial charge in [0.15, 0.2) is 5.69 Å². The normalized spacial score (nSPS) is 14.7. The number of amides is 2. The molecule has 34 heavy (non-hydrogen) atoms. The van der Waals surface area contributed by atoms with Gasteiger partial charge in [0, 0.05) is 45.0 Å². The molecule has 0 fully saturated rings. The first-order valence-electron chi connectivity index (χ1n) is 11.3. The average molecular weight is 474 g/mol. The molecule has 1 unspecified atom stereocenters. The lowest BCUT2D eigenvalue weighted by molar-refractivity contribution is -0.125. The van der Waals surface area contributed by atoms with E-state index in [1.165, 1.54) is 16.6 Å². The molecule has 1 atom stereocenters. The number of nitrogens with one attached hydrogen (secondary N) is 2. The highest BCUT2D eigenvalue weighted by molar-refractivity contribution is 5.97. The van der Waals surface area contributed by atoms with E-state index in [1.807, 2.05) is 31.2 Å². The summed E-state index contributed by atoms with van der Waals surface area (Å²) in [7, 11) is 1.47. The van der Waals surface area contributed by atoms with E-state index in [9.17, 15) is 19.2 Å². The van der Waals surface area contributed by atoms with E-state index >= 15 is 0 Å². The summed E-state index contributed by atoms with van der Waals surface area (Å²) in [5, 5.41) is 2.96. The number of hydrogen-bond donors (Lipinski definition) is 3. The second kappa shape index (κ2) is 11.5. The zero-order valence-corrected chi connectivity index (χ0v) is 19.5. The van der Waals surface area contributed by atoms with Crippen LogP contribution in [-0.2, 0) is 20.9 Å². The Morgan fingerprint density at radius 2 is 2.06 bits per heavy atom. The van der Waals surface area contributed by atoms with Crippen LogP contribution in [0.3, 0.4) is 0 Å². The molecule has 0 radical (unpaired) electrons. The number of carbonyl (C=O) groups excluding carboxylic acids is 2. The van der Waals surface area contributed by atoms with Crippen molar-refractivity contribution in [1.82, 2.24) is 14.9 Å². The molecule has 0 saturated heterocycles. The summed E-state index contributed by atoms with van der Waals surface area (Å²) in [6.07, 6.45) is 1.01. The smallest absolute Gasteiger partial charge is 0.330 e. The molecule has 1 aromatic heterocycles. The van der Waals surface area contributed by atoms with Crippen molar-refractivity contribution in [2.45, 2.75) is 45.2 Å². The quantitative estimate of drug-likeness (QED) is 0.465. The van der Waals surface area contributed by atoms with E-state index in [4.69, 9.17) is 15.2 Å². The van der Waals surface area contributed by atoms with Crippen LogP contribution >= 0.6 is 0 Å². The molecule has 0 spiro atoms. The van der Waals surface area contributed by atoms with E-state index < -0.39 is 17.2 Å². The predicted molar refractivity (Wildman–Crippen MR) is 127 cm³/mol. The Labute approximate surface area is 196 Å². The number of hydrogen-bond acceptors (Lipinski definition) is 7. The fourth-order valence-electron chi connectivity index (χ4n) is 3.94. The molecule has 2 aromatic rings. The van der Waals surface area contributed by atoms with Crippen LogP contribution in [0.25, 0.3) is 0 Å². The van der Waals surface area contributed by atoms with Crippen molar-refractivity contribution in [1.29, 1.82) is 0 Å². The molecule has 0 bridgehead atoms. The van der Waals surface area contributed by atoms with Crippen molar-refractivity contribution in [2.24, 2.45) is 0 Å². The van der Waals surface area contributed by atoms with Gasteiger partial charge in [-0.05, 0) is 12.5 Å². The summed E-state index contributed by atoms with van der Waals surface area (Å²) in [6.45, 7) is 2.82. The number of carbonyl (C=O) groups is 2. The van der Waals surface area contributed by atoms with Crippen molar-refractivity contribution >= 4 is 23.3 Å². The monoisotopic (exact) mass is 473 g/mol. The van der Waals surface area contributed by atoms with Crippen LogP contribution < -0.4 is 31.9 Å². The summed E-state index contributed by atoms with van der Waals surface area (Å²) in [5.74, 6) is -0.126. The van der Waals surface area contributed by atoms with Gasteiger partial charge < -0.3 is 25.4 Å². The molecule has 3 rings (SSSR count). The highest BCUT2D eigenvalue weighted by Crippen LogP contribution is 2.31. The molecule has 2 amide bonds. The third-order valence-electron chi connectivity index (χ3n) is 5.61. The Hall–Kier alpha value is -3.60. The second-order valence-corrected chi connectivity index (χ2v) is 7.98. The number of rotatable bonds is 10. The number of benzene rings is 1. The highest BCUT2D eigenvalue weighted by Gasteiger charge is 2.26. The number of fused-ring (bicyclic) bond motifs is 1. The predicted octanol–water partition coefficient (Wildman–Crippen LogP) is 0.928. The molecule has 0 aliphatic carbocycles. The molecule has 4 N–H and O–H groups in total. The topological polar surface area (TPSA) is 149 Å². The lowest BCUT2D eigenvalue weighted by atomic mass is 10.0. The molecular weight excluding hydrogens is 442 g/mol. The molecule has 1 aromatic carbocycles. The summed E-state index contributed by atoms with van der Waals surface area (Å²) in [4.78, 5) is 53.8. The van der Waals surface area contributed by atoms with Crippen LogP contribution in [0, 0.1) is 0 Å². The molecule has 0 saturated carbocycles.